The molecule has 1 fully saturated rings. The lowest BCUT2D eigenvalue weighted by Crippen LogP contribution is -2.45. The summed E-state index contributed by atoms with van der Waals surface area (Å²) in [6.07, 6.45) is 2.94. The van der Waals surface area contributed by atoms with E-state index in [9.17, 15) is 4.79 Å². The molecule has 0 heterocycles. The topological polar surface area (TPSA) is 23.6 Å². The molecular weight excluding hydrogens is 260 g/mol. The van der Waals surface area contributed by atoms with Crippen molar-refractivity contribution in [3.8, 4) is 0 Å². The zero-order valence-corrected chi connectivity index (χ0v) is 15.3. The van der Waals surface area contributed by atoms with Crippen LogP contribution in [0.25, 0.3) is 0 Å². The van der Waals surface area contributed by atoms with Crippen molar-refractivity contribution in [2.75, 3.05) is 33.7 Å². The molecular formula is C18H36N2O. The van der Waals surface area contributed by atoms with Gasteiger partial charge in [-0.1, -0.05) is 27.7 Å². The van der Waals surface area contributed by atoms with E-state index in [1.165, 1.54) is 0 Å². The van der Waals surface area contributed by atoms with Crippen LogP contribution in [0.1, 0.15) is 53.9 Å². The first kappa shape index (κ1) is 18.6. The average molecular weight is 296 g/mol. The molecule has 1 aliphatic rings. The lowest BCUT2D eigenvalue weighted by atomic mass is 9.68. The third-order valence-corrected chi connectivity index (χ3v) is 5.10. The molecule has 0 aromatic heterocycles. The van der Waals surface area contributed by atoms with Crippen molar-refractivity contribution in [2.24, 2.45) is 17.3 Å². The highest BCUT2D eigenvalue weighted by Crippen LogP contribution is 2.39. The van der Waals surface area contributed by atoms with Gasteiger partial charge in [0.1, 0.15) is 5.78 Å². The third-order valence-electron chi connectivity index (χ3n) is 5.10. The van der Waals surface area contributed by atoms with Gasteiger partial charge < -0.3 is 4.90 Å². The second-order valence-electron chi connectivity index (χ2n) is 8.20. The molecule has 0 spiro atoms. The smallest absolute Gasteiger partial charge is 0.137 e. The number of rotatable bonds is 6. The van der Waals surface area contributed by atoms with Gasteiger partial charge in [0.2, 0.25) is 0 Å². The summed E-state index contributed by atoms with van der Waals surface area (Å²) in [4.78, 5) is 17.0. The number of ketones is 1. The van der Waals surface area contributed by atoms with Crippen molar-refractivity contribution in [1.82, 2.24) is 9.80 Å². The molecule has 124 valence electrons. The normalized spacial score (nSPS) is 25.7. The molecule has 1 aliphatic carbocycles. The number of Topliss-reactive ketones (excluding diaryl/α,β-unsaturated/α-hetero) is 1. The molecule has 1 saturated carbocycles. The van der Waals surface area contributed by atoms with Gasteiger partial charge in [-0.25, -0.2) is 0 Å². The van der Waals surface area contributed by atoms with E-state index in [1.807, 2.05) is 0 Å². The van der Waals surface area contributed by atoms with Crippen molar-refractivity contribution in [2.45, 2.75) is 59.9 Å². The van der Waals surface area contributed by atoms with E-state index in [4.69, 9.17) is 0 Å². The lowest BCUT2D eigenvalue weighted by Gasteiger charge is -2.39. The summed E-state index contributed by atoms with van der Waals surface area (Å²) >= 11 is 0. The Morgan fingerprint density at radius 3 is 2.38 bits per heavy atom. The number of carbonyl (C=O) groups is 1. The van der Waals surface area contributed by atoms with E-state index >= 15 is 0 Å². The van der Waals surface area contributed by atoms with Crippen LogP contribution in [0.4, 0.5) is 0 Å². The van der Waals surface area contributed by atoms with Crippen molar-refractivity contribution < 1.29 is 4.79 Å². The minimum absolute atomic E-state index is 0.243. The van der Waals surface area contributed by atoms with Crippen LogP contribution in [0.5, 0.6) is 0 Å². The zero-order chi connectivity index (χ0) is 16.2. The van der Waals surface area contributed by atoms with Crippen molar-refractivity contribution in [1.29, 1.82) is 0 Å². The number of carbonyl (C=O) groups excluding carboxylic acids is 1. The van der Waals surface area contributed by atoms with Gasteiger partial charge in [-0.3, -0.25) is 9.69 Å². The summed E-state index contributed by atoms with van der Waals surface area (Å²) in [6, 6.07) is 0.507. The maximum atomic E-state index is 12.3. The molecule has 0 N–H and O–H groups in total. The molecule has 0 radical (unpaired) electrons. The lowest BCUT2D eigenvalue weighted by molar-refractivity contribution is -0.127. The van der Waals surface area contributed by atoms with Gasteiger partial charge in [0.15, 0.2) is 0 Å². The highest BCUT2D eigenvalue weighted by Gasteiger charge is 2.35. The summed E-state index contributed by atoms with van der Waals surface area (Å²) in [7, 11) is 4.23. The van der Waals surface area contributed by atoms with Crippen LogP contribution in [0, 0.1) is 17.3 Å². The van der Waals surface area contributed by atoms with Gasteiger partial charge in [-0.05, 0) is 51.7 Å². The second-order valence-corrected chi connectivity index (χ2v) is 8.20. The zero-order valence-electron chi connectivity index (χ0n) is 15.3. The van der Waals surface area contributed by atoms with E-state index in [1.54, 1.807) is 0 Å². The fourth-order valence-corrected chi connectivity index (χ4v) is 3.62. The Labute approximate surface area is 132 Å². The minimum atomic E-state index is 0.243. The Bertz CT molecular complexity index is 333. The number of hydrogen-bond acceptors (Lipinski definition) is 3. The standard InChI is InChI=1S/C18H36N2O/c1-8-20(14(2)12-19(6)7)13-15-11-16(18(3,4)5)9-10-17(15)21/h14-16H,8-13H2,1-7H3. The van der Waals surface area contributed by atoms with Crippen molar-refractivity contribution >= 4 is 5.78 Å². The molecule has 0 amide bonds. The first-order valence-electron chi connectivity index (χ1n) is 8.56. The molecule has 3 unspecified atom stereocenters. The summed E-state index contributed by atoms with van der Waals surface area (Å²) in [5.41, 5.74) is 0.325. The monoisotopic (exact) mass is 296 g/mol. The van der Waals surface area contributed by atoms with Crippen LogP contribution in [0.3, 0.4) is 0 Å². The SMILES string of the molecule is CCN(CC1CC(C(C)(C)C)CCC1=O)C(C)CN(C)C. The Morgan fingerprint density at radius 1 is 1.29 bits per heavy atom. The van der Waals surface area contributed by atoms with Crippen LogP contribution >= 0.6 is 0 Å². The van der Waals surface area contributed by atoms with Gasteiger partial charge in [0.25, 0.3) is 0 Å². The van der Waals surface area contributed by atoms with Gasteiger partial charge in [-0.2, -0.15) is 0 Å². The summed E-state index contributed by atoms with van der Waals surface area (Å²) < 4.78 is 0. The number of nitrogens with zero attached hydrogens (tertiary/aromatic N) is 2. The molecule has 0 bridgehead atoms. The Balaban J connectivity index is 2.66. The van der Waals surface area contributed by atoms with Gasteiger partial charge in [-0.15, -0.1) is 0 Å². The number of likely N-dealkylation sites (N-methyl/N-ethyl adjacent to an activating group) is 2. The van der Waals surface area contributed by atoms with E-state index in [-0.39, 0.29) is 5.92 Å². The first-order valence-corrected chi connectivity index (χ1v) is 8.56. The predicted molar refractivity (Wildman–Crippen MR) is 90.6 cm³/mol. The second kappa shape index (κ2) is 7.73. The molecule has 3 heteroatoms. The van der Waals surface area contributed by atoms with Crippen LogP contribution in [0.2, 0.25) is 0 Å². The maximum absolute atomic E-state index is 12.3. The molecule has 0 aliphatic heterocycles. The van der Waals surface area contributed by atoms with Gasteiger partial charge in [0, 0.05) is 31.5 Å². The molecule has 0 aromatic rings. The van der Waals surface area contributed by atoms with E-state index in [0.717, 1.165) is 38.9 Å². The fourth-order valence-electron chi connectivity index (χ4n) is 3.62. The van der Waals surface area contributed by atoms with Crippen molar-refractivity contribution in [3.63, 3.8) is 0 Å². The van der Waals surface area contributed by atoms with Gasteiger partial charge >= 0.3 is 0 Å². The Hall–Kier alpha value is -0.410. The quantitative estimate of drug-likeness (QED) is 0.751. The summed E-state index contributed by atoms with van der Waals surface area (Å²) in [5.74, 6) is 1.42. The van der Waals surface area contributed by atoms with E-state index in [2.05, 4.69) is 58.5 Å². The maximum Gasteiger partial charge on any atom is 0.137 e. The molecule has 3 nitrogen and oxygen atoms in total. The average Bonchev–Trinajstić information content (AvgIpc) is 2.35. The minimum Gasteiger partial charge on any atom is -0.308 e. The van der Waals surface area contributed by atoms with Crippen LogP contribution in [0.15, 0.2) is 0 Å². The van der Waals surface area contributed by atoms with Crippen LogP contribution in [-0.4, -0.2) is 55.4 Å². The molecule has 21 heavy (non-hydrogen) atoms. The van der Waals surface area contributed by atoms with Crippen molar-refractivity contribution in [3.05, 3.63) is 0 Å². The molecule has 1 rings (SSSR count). The van der Waals surface area contributed by atoms with E-state index < -0.39 is 0 Å². The largest absolute Gasteiger partial charge is 0.308 e. The summed E-state index contributed by atoms with van der Waals surface area (Å²) in [5, 5.41) is 0. The fraction of sp³-hybridized carbons (Fsp3) is 0.944. The predicted octanol–water partition coefficient (Wildman–Crippen LogP) is 3.29. The molecule has 3 atom stereocenters. The number of hydrogen-bond donors (Lipinski definition) is 0. The van der Waals surface area contributed by atoms with Crippen LogP contribution in [-0.2, 0) is 4.79 Å². The highest BCUT2D eigenvalue weighted by molar-refractivity contribution is 5.82. The highest BCUT2D eigenvalue weighted by atomic mass is 16.1. The van der Waals surface area contributed by atoms with E-state index in [0.29, 0.717) is 23.2 Å². The molecule has 0 aromatic carbocycles. The Kier molecular flexibility index (Phi) is 6.86. The summed E-state index contributed by atoms with van der Waals surface area (Å²) in [6.45, 7) is 14.5. The van der Waals surface area contributed by atoms with Crippen LogP contribution < -0.4 is 0 Å². The Morgan fingerprint density at radius 2 is 1.90 bits per heavy atom. The third kappa shape index (κ3) is 5.71. The molecule has 0 saturated heterocycles. The first-order chi connectivity index (χ1) is 9.65. The van der Waals surface area contributed by atoms with Gasteiger partial charge in [0.05, 0.1) is 0 Å².